The molecule has 2 heterocycles. The van der Waals surface area contributed by atoms with E-state index in [0.717, 1.165) is 11.1 Å². The molecule has 2 aromatic rings. The zero-order chi connectivity index (χ0) is 20.4. The molecule has 2 aliphatic heterocycles. The van der Waals surface area contributed by atoms with Gasteiger partial charge in [-0.1, -0.05) is 36.4 Å². The molecule has 0 aliphatic carbocycles. The highest BCUT2D eigenvalue weighted by atomic mass is 32.2. The lowest BCUT2D eigenvalue weighted by Gasteiger charge is -2.35. The van der Waals surface area contributed by atoms with Gasteiger partial charge in [-0.15, -0.1) is 4.40 Å². The highest BCUT2D eigenvalue weighted by Crippen LogP contribution is 2.26. The Balaban J connectivity index is 1.34. The van der Waals surface area contributed by atoms with Gasteiger partial charge in [-0.25, -0.2) is 0 Å². The second kappa shape index (κ2) is 7.96. The Morgan fingerprint density at radius 1 is 1.03 bits per heavy atom. The molecule has 1 N–H and O–H groups in total. The largest absolute Gasteiger partial charge is 0.341 e. The monoisotopic (exact) mass is 412 g/mol. The van der Waals surface area contributed by atoms with Crippen LogP contribution in [0, 0.1) is 6.92 Å². The number of piperazine rings is 1. The lowest BCUT2D eigenvalue weighted by atomic mass is 10.1. The van der Waals surface area contributed by atoms with E-state index in [9.17, 15) is 13.2 Å². The van der Waals surface area contributed by atoms with Gasteiger partial charge in [-0.3, -0.25) is 9.69 Å². The number of hydrogen-bond acceptors (Lipinski definition) is 5. The number of amides is 1. The molecule has 2 aromatic carbocycles. The molecule has 1 amide bonds. The summed E-state index contributed by atoms with van der Waals surface area (Å²) >= 11 is 0. The fraction of sp³-hybridized carbons (Fsp3) is 0.333. The summed E-state index contributed by atoms with van der Waals surface area (Å²) in [6.07, 6.45) is 0.413. The first-order valence-electron chi connectivity index (χ1n) is 9.67. The van der Waals surface area contributed by atoms with E-state index >= 15 is 0 Å². The van der Waals surface area contributed by atoms with Crippen molar-refractivity contribution in [2.45, 2.75) is 18.2 Å². The Kier molecular flexibility index (Phi) is 5.38. The number of rotatable bonds is 4. The Bertz CT molecular complexity index is 1060. The molecular formula is C21H24N4O3S. The van der Waals surface area contributed by atoms with E-state index in [1.54, 1.807) is 24.3 Å². The van der Waals surface area contributed by atoms with Crippen LogP contribution in [0.15, 0.2) is 57.8 Å². The van der Waals surface area contributed by atoms with E-state index in [4.69, 9.17) is 0 Å². The summed E-state index contributed by atoms with van der Waals surface area (Å²) in [5.74, 6) is 0.548. The number of nitrogens with zero attached hydrogens (tertiary/aromatic N) is 3. The standard InChI is InChI=1S/C21H24N4O3S/c1-16-6-2-3-7-17(16)14-21(26)25-12-10-24(11-13-25)15-20-22-18-8-4-5-9-19(18)29(27,28)23-20/h2-9H,10-15H2,1H3,(H,22,23). The van der Waals surface area contributed by atoms with Gasteiger partial charge in [0.05, 0.1) is 18.7 Å². The first-order chi connectivity index (χ1) is 13.9. The highest BCUT2D eigenvalue weighted by Gasteiger charge is 2.27. The number of carbonyl (C=O) groups excluding carboxylic acids is 1. The fourth-order valence-corrected chi connectivity index (χ4v) is 4.83. The third kappa shape index (κ3) is 4.33. The van der Waals surface area contributed by atoms with Gasteiger partial charge in [0.2, 0.25) is 5.91 Å². The zero-order valence-electron chi connectivity index (χ0n) is 16.3. The van der Waals surface area contributed by atoms with Crippen LogP contribution in [0.3, 0.4) is 0 Å². The van der Waals surface area contributed by atoms with Gasteiger partial charge in [0.15, 0.2) is 0 Å². The van der Waals surface area contributed by atoms with Crippen LogP contribution in [0.4, 0.5) is 5.69 Å². The summed E-state index contributed by atoms with van der Waals surface area (Å²) in [5.41, 5.74) is 2.75. The molecule has 29 heavy (non-hydrogen) atoms. The number of benzene rings is 2. The van der Waals surface area contributed by atoms with Crippen molar-refractivity contribution in [3.05, 3.63) is 59.7 Å². The molecule has 1 fully saturated rings. The molecule has 152 valence electrons. The van der Waals surface area contributed by atoms with E-state index in [0.29, 0.717) is 50.7 Å². The molecule has 0 unspecified atom stereocenters. The Morgan fingerprint density at radius 3 is 2.48 bits per heavy atom. The van der Waals surface area contributed by atoms with E-state index < -0.39 is 10.0 Å². The van der Waals surface area contributed by atoms with Crippen molar-refractivity contribution in [1.29, 1.82) is 0 Å². The highest BCUT2D eigenvalue weighted by molar-refractivity contribution is 7.90. The predicted octanol–water partition coefficient (Wildman–Crippen LogP) is 1.89. The number of anilines is 1. The maximum Gasteiger partial charge on any atom is 0.286 e. The molecule has 8 heteroatoms. The molecule has 0 bridgehead atoms. The van der Waals surface area contributed by atoms with Gasteiger partial charge in [-0.05, 0) is 30.2 Å². The van der Waals surface area contributed by atoms with Crippen molar-refractivity contribution >= 4 is 27.5 Å². The summed E-state index contributed by atoms with van der Waals surface area (Å²) in [6.45, 7) is 5.05. The smallest absolute Gasteiger partial charge is 0.286 e. The SMILES string of the molecule is Cc1ccccc1CC(=O)N1CCN(CC2=NS(=O)(=O)c3ccccc3N2)CC1. The number of carbonyl (C=O) groups is 1. The predicted molar refractivity (Wildman–Crippen MR) is 113 cm³/mol. The summed E-state index contributed by atoms with van der Waals surface area (Å²) < 4.78 is 28.7. The first kappa shape index (κ1) is 19.6. The number of aryl methyl sites for hydroxylation is 1. The van der Waals surface area contributed by atoms with Crippen LogP contribution < -0.4 is 5.32 Å². The third-order valence-corrected chi connectivity index (χ3v) is 6.75. The number of amidine groups is 1. The number of sulfonamides is 1. The van der Waals surface area contributed by atoms with Gasteiger partial charge in [0.25, 0.3) is 10.0 Å². The van der Waals surface area contributed by atoms with Crippen LogP contribution >= 0.6 is 0 Å². The minimum absolute atomic E-state index is 0.128. The number of hydrogen-bond donors (Lipinski definition) is 1. The van der Waals surface area contributed by atoms with Gasteiger partial charge in [-0.2, -0.15) is 8.42 Å². The molecule has 0 spiro atoms. The molecule has 0 aromatic heterocycles. The van der Waals surface area contributed by atoms with Crippen LogP contribution in [-0.2, 0) is 21.2 Å². The summed E-state index contributed by atoms with van der Waals surface area (Å²) in [4.78, 5) is 16.8. The molecule has 2 aliphatic rings. The van der Waals surface area contributed by atoms with Crippen molar-refractivity contribution in [2.75, 3.05) is 38.0 Å². The van der Waals surface area contributed by atoms with Crippen molar-refractivity contribution in [2.24, 2.45) is 4.40 Å². The molecule has 0 radical (unpaired) electrons. The topological polar surface area (TPSA) is 82.1 Å². The first-order valence-corrected chi connectivity index (χ1v) is 11.1. The van der Waals surface area contributed by atoms with Crippen LogP contribution in [0.1, 0.15) is 11.1 Å². The second-order valence-electron chi connectivity index (χ2n) is 7.39. The van der Waals surface area contributed by atoms with Crippen LogP contribution in [0.5, 0.6) is 0 Å². The van der Waals surface area contributed by atoms with Gasteiger partial charge in [0.1, 0.15) is 10.7 Å². The lowest BCUT2D eigenvalue weighted by molar-refractivity contribution is -0.132. The quantitative estimate of drug-likeness (QED) is 0.829. The lowest BCUT2D eigenvalue weighted by Crippen LogP contribution is -2.51. The van der Waals surface area contributed by atoms with Gasteiger partial charge in [0, 0.05) is 26.2 Å². The average Bonchev–Trinajstić information content (AvgIpc) is 2.70. The normalized spacial score (nSPS) is 18.5. The number of fused-ring (bicyclic) bond motifs is 1. The van der Waals surface area contributed by atoms with Crippen LogP contribution in [-0.4, -0.2) is 62.7 Å². The molecule has 1 saturated heterocycles. The van der Waals surface area contributed by atoms with E-state index in [1.165, 1.54) is 0 Å². The van der Waals surface area contributed by atoms with E-state index in [2.05, 4.69) is 14.6 Å². The van der Waals surface area contributed by atoms with Crippen molar-refractivity contribution in [1.82, 2.24) is 9.80 Å². The molecular weight excluding hydrogens is 388 g/mol. The number of para-hydroxylation sites is 1. The molecule has 0 atom stereocenters. The van der Waals surface area contributed by atoms with Gasteiger partial charge >= 0.3 is 0 Å². The van der Waals surface area contributed by atoms with E-state index in [1.807, 2.05) is 36.1 Å². The maximum atomic E-state index is 12.6. The van der Waals surface area contributed by atoms with Crippen molar-refractivity contribution < 1.29 is 13.2 Å². The Hall–Kier alpha value is -2.71. The minimum atomic E-state index is -3.67. The molecule has 7 nitrogen and oxygen atoms in total. The Morgan fingerprint density at radius 2 is 1.72 bits per heavy atom. The molecule has 4 rings (SSSR count). The summed E-state index contributed by atoms with van der Waals surface area (Å²) in [6, 6.07) is 14.7. The summed E-state index contributed by atoms with van der Waals surface area (Å²) in [5, 5.41) is 3.12. The van der Waals surface area contributed by atoms with Crippen LogP contribution in [0.25, 0.3) is 0 Å². The fourth-order valence-electron chi connectivity index (χ4n) is 3.69. The van der Waals surface area contributed by atoms with Crippen LogP contribution in [0.2, 0.25) is 0 Å². The second-order valence-corrected chi connectivity index (χ2v) is 8.97. The average molecular weight is 413 g/mol. The zero-order valence-corrected chi connectivity index (χ0v) is 17.2. The van der Waals surface area contributed by atoms with Crippen molar-refractivity contribution in [3.63, 3.8) is 0 Å². The third-order valence-electron chi connectivity index (χ3n) is 5.38. The van der Waals surface area contributed by atoms with Crippen molar-refractivity contribution in [3.8, 4) is 0 Å². The summed E-state index contributed by atoms with van der Waals surface area (Å²) in [7, 11) is -3.67. The Labute approximate surface area is 171 Å². The maximum absolute atomic E-state index is 12.6. The van der Waals surface area contributed by atoms with E-state index in [-0.39, 0.29) is 10.8 Å². The van der Waals surface area contributed by atoms with Gasteiger partial charge < -0.3 is 10.2 Å². The number of nitrogens with one attached hydrogen (secondary N) is 1. The minimum Gasteiger partial charge on any atom is -0.341 e. The molecule has 0 saturated carbocycles.